The summed E-state index contributed by atoms with van der Waals surface area (Å²) in [6.45, 7) is 7.44. The predicted octanol–water partition coefficient (Wildman–Crippen LogP) is 6.80. The number of para-hydroxylation sites is 2. The first-order valence-electron chi connectivity index (χ1n) is 15.7. The molecule has 0 aliphatic heterocycles. The van der Waals surface area contributed by atoms with Crippen LogP contribution >= 0.6 is 11.6 Å². The molecule has 4 rings (SSSR count). The highest BCUT2D eigenvalue weighted by atomic mass is 35.5. The van der Waals surface area contributed by atoms with E-state index in [0.29, 0.717) is 17.2 Å². The Bertz CT molecular complexity index is 1750. The number of carbonyl (C=O) groups excluding carboxylic acids is 2. The number of hydrogen-bond acceptors (Lipinski definition) is 5. The highest BCUT2D eigenvalue weighted by Crippen LogP contribution is 2.33. The first-order valence-corrected chi connectivity index (χ1v) is 17.5. The van der Waals surface area contributed by atoms with Crippen LogP contribution in [-0.4, -0.2) is 50.4 Å². The van der Waals surface area contributed by atoms with E-state index >= 15 is 0 Å². The van der Waals surface area contributed by atoms with Gasteiger partial charge in [-0.05, 0) is 74.7 Å². The van der Waals surface area contributed by atoms with E-state index < -0.39 is 28.5 Å². The summed E-state index contributed by atoms with van der Waals surface area (Å²) in [7, 11) is -4.30. The van der Waals surface area contributed by atoms with Gasteiger partial charge >= 0.3 is 0 Å². The number of nitrogens with one attached hydrogen (secondary N) is 1. The van der Waals surface area contributed by atoms with Gasteiger partial charge in [0, 0.05) is 24.0 Å². The van der Waals surface area contributed by atoms with E-state index in [1.165, 1.54) is 29.2 Å². The minimum Gasteiger partial charge on any atom is -0.492 e. The molecule has 47 heavy (non-hydrogen) atoms. The molecule has 248 valence electrons. The zero-order chi connectivity index (χ0) is 34.0. The molecule has 1 N–H and O–H groups in total. The fourth-order valence-electron chi connectivity index (χ4n) is 5.19. The van der Waals surface area contributed by atoms with Crippen molar-refractivity contribution in [3.8, 4) is 5.75 Å². The number of nitrogens with zero attached hydrogens (tertiary/aromatic N) is 2. The molecule has 0 saturated heterocycles. The van der Waals surface area contributed by atoms with Crippen molar-refractivity contribution in [3.05, 3.63) is 125 Å². The van der Waals surface area contributed by atoms with Crippen molar-refractivity contribution < 1.29 is 22.7 Å². The highest BCUT2D eigenvalue weighted by Gasteiger charge is 2.35. The van der Waals surface area contributed by atoms with Gasteiger partial charge in [-0.15, -0.1) is 0 Å². The maximum Gasteiger partial charge on any atom is 0.264 e. The molecule has 0 bridgehead atoms. The monoisotopic (exact) mass is 675 g/mol. The number of ether oxygens (including phenoxy) is 1. The molecule has 0 spiro atoms. The van der Waals surface area contributed by atoms with Crippen molar-refractivity contribution in [1.82, 2.24) is 10.2 Å². The van der Waals surface area contributed by atoms with E-state index in [1.807, 2.05) is 75.4 Å². The van der Waals surface area contributed by atoms with Gasteiger partial charge in [-0.25, -0.2) is 8.42 Å². The molecule has 0 unspecified atom stereocenters. The van der Waals surface area contributed by atoms with E-state index in [-0.39, 0.29) is 42.1 Å². The minimum atomic E-state index is -4.30. The standard InChI is InChI=1S/C37H42ClN3O5S/c1-5-28(4)39-37(43)34(24-29-14-8-7-9-15-29)40(25-30-16-12-13-27(3)23-30)36(42)26-41(33-17-10-11-18-35(33)46-6-2)47(44,45)32-21-19-31(38)20-22-32/h7-23,28,34H,5-6,24-26H2,1-4H3,(H,39,43)/t28-,34-/m1/s1. The number of benzene rings is 4. The molecule has 0 radical (unpaired) electrons. The molecule has 2 amide bonds. The molecule has 4 aromatic carbocycles. The number of halogens is 1. The lowest BCUT2D eigenvalue weighted by molar-refractivity contribution is -0.140. The van der Waals surface area contributed by atoms with E-state index in [4.69, 9.17) is 16.3 Å². The Morgan fingerprint density at radius 1 is 0.872 bits per heavy atom. The molecule has 10 heteroatoms. The number of amides is 2. The summed E-state index contributed by atoms with van der Waals surface area (Å²) in [4.78, 5) is 30.1. The first-order chi connectivity index (χ1) is 22.5. The number of hydrogen-bond donors (Lipinski definition) is 1. The molecule has 0 fully saturated rings. The number of anilines is 1. The number of rotatable bonds is 15. The lowest BCUT2D eigenvalue weighted by atomic mass is 10.0. The molecule has 0 aliphatic carbocycles. The molecule has 4 aromatic rings. The lowest BCUT2D eigenvalue weighted by Crippen LogP contribution is -2.54. The summed E-state index contributed by atoms with van der Waals surface area (Å²) in [5.41, 5.74) is 2.88. The van der Waals surface area contributed by atoms with Crippen LogP contribution in [0.2, 0.25) is 5.02 Å². The molecule has 2 atom stereocenters. The summed E-state index contributed by atoms with van der Waals surface area (Å²) in [6.07, 6.45) is 0.942. The van der Waals surface area contributed by atoms with Gasteiger partial charge in [-0.1, -0.05) is 90.8 Å². The SMILES string of the molecule is CCOc1ccccc1N(CC(=O)N(Cc1cccc(C)c1)[C@H](Cc1ccccc1)C(=O)N[C@H](C)CC)S(=O)(=O)c1ccc(Cl)cc1. The van der Waals surface area contributed by atoms with Gasteiger partial charge in [0.2, 0.25) is 11.8 Å². The van der Waals surface area contributed by atoms with Gasteiger partial charge in [-0.3, -0.25) is 13.9 Å². The van der Waals surface area contributed by atoms with Gasteiger partial charge in [-0.2, -0.15) is 0 Å². The maximum atomic E-state index is 14.7. The van der Waals surface area contributed by atoms with Crippen LogP contribution in [0.5, 0.6) is 5.75 Å². The normalized spacial score (nSPS) is 12.5. The van der Waals surface area contributed by atoms with Crippen LogP contribution in [0.4, 0.5) is 5.69 Å². The molecule has 0 heterocycles. The zero-order valence-electron chi connectivity index (χ0n) is 27.2. The van der Waals surface area contributed by atoms with Crippen LogP contribution in [0.1, 0.15) is 43.9 Å². The minimum absolute atomic E-state index is 0.0402. The van der Waals surface area contributed by atoms with Crippen LogP contribution in [0.3, 0.4) is 0 Å². The third-order valence-electron chi connectivity index (χ3n) is 7.82. The van der Waals surface area contributed by atoms with Crippen molar-refractivity contribution >= 4 is 39.1 Å². The Morgan fingerprint density at radius 3 is 2.19 bits per heavy atom. The van der Waals surface area contributed by atoms with Crippen molar-refractivity contribution in [1.29, 1.82) is 0 Å². The van der Waals surface area contributed by atoms with Gasteiger partial charge in [0.05, 0.1) is 17.2 Å². The van der Waals surface area contributed by atoms with Crippen LogP contribution < -0.4 is 14.4 Å². The Balaban J connectivity index is 1.84. The number of carbonyl (C=O) groups is 2. The molecule has 0 aromatic heterocycles. The van der Waals surface area contributed by atoms with E-state index in [2.05, 4.69) is 5.32 Å². The molecule has 8 nitrogen and oxygen atoms in total. The van der Waals surface area contributed by atoms with Gasteiger partial charge in [0.15, 0.2) is 0 Å². The fraction of sp³-hybridized carbons (Fsp3) is 0.297. The molecular weight excluding hydrogens is 634 g/mol. The van der Waals surface area contributed by atoms with Gasteiger partial charge in [0.25, 0.3) is 10.0 Å². The maximum absolute atomic E-state index is 14.7. The average molecular weight is 676 g/mol. The van der Waals surface area contributed by atoms with Crippen molar-refractivity contribution in [2.75, 3.05) is 17.5 Å². The number of aryl methyl sites for hydroxylation is 1. The highest BCUT2D eigenvalue weighted by molar-refractivity contribution is 7.92. The zero-order valence-corrected chi connectivity index (χ0v) is 28.8. The topological polar surface area (TPSA) is 96.0 Å². The Labute approximate surface area is 283 Å². The predicted molar refractivity (Wildman–Crippen MR) is 187 cm³/mol. The molecule has 0 saturated carbocycles. The van der Waals surface area contributed by atoms with Crippen LogP contribution in [0, 0.1) is 6.92 Å². The second kappa shape index (κ2) is 16.5. The van der Waals surface area contributed by atoms with Crippen molar-refractivity contribution in [2.45, 2.75) is 64.1 Å². The second-order valence-electron chi connectivity index (χ2n) is 11.4. The first kappa shape index (κ1) is 35.5. The third kappa shape index (κ3) is 9.36. The Kier molecular flexibility index (Phi) is 12.4. The van der Waals surface area contributed by atoms with E-state index in [0.717, 1.165) is 21.0 Å². The van der Waals surface area contributed by atoms with Crippen LogP contribution in [0.15, 0.2) is 108 Å². The number of sulfonamides is 1. The van der Waals surface area contributed by atoms with E-state index in [9.17, 15) is 18.0 Å². The molecule has 0 aliphatic rings. The fourth-order valence-corrected chi connectivity index (χ4v) is 6.74. The Hall–Kier alpha value is -4.34. The third-order valence-corrected chi connectivity index (χ3v) is 9.85. The lowest BCUT2D eigenvalue weighted by Gasteiger charge is -2.34. The average Bonchev–Trinajstić information content (AvgIpc) is 3.06. The quantitative estimate of drug-likeness (QED) is 0.150. The van der Waals surface area contributed by atoms with E-state index in [1.54, 1.807) is 31.2 Å². The summed E-state index contributed by atoms with van der Waals surface area (Å²) in [5.74, 6) is -0.553. The second-order valence-corrected chi connectivity index (χ2v) is 13.7. The Morgan fingerprint density at radius 2 is 1.53 bits per heavy atom. The van der Waals surface area contributed by atoms with Crippen LogP contribution in [-0.2, 0) is 32.6 Å². The van der Waals surface area contributed by atoms with Crippen molar-refractivity contribution in [2.24, 2.45) is 0 Å². The summed E-state index contributed by atoms with van der Waals surface area (Å²) in [6, 6.07) is 28.6. The molecular formula is C37H42ClN3O5S. The van der Waals surface area contributed by atoms with Crippen molar-refractivity contribution in [3.63, 3.8) is 0 Å². The van der Waals surface area contributed by atoms with Gasteiger partial charge < -0.3 is 15.0 Å². The summed E-state index contributed by atoms with van der Waals surface area (Å²) >= 11 is 6.09. The van der Waals surface area contributed by atoms with Gasteiger partial charge in [0.1, 0.15) is 18.3 Å². The largest absolute Gasteiger partial charge is 0.492 e. The van der Waals surface area contributed by atoms with Crippen LogP contribution in [0.25, 0.3) is 0 Å². The smallest absolute Gasteiger partial charge is 0.264 e. The summed E-state index contributed by atoms with van der Waals surface area (Å²) in [5, 5.41) is 3.43. The summed E-state index contributed by atoms with van der Waals surface area (Å²) < 4.78 is 35.5.